The second-order valence-corrected chi connectivity index (χ2v) is 5.71. The minimum Gasteiger partial charge on any atom is -0.341 e. The second kappa shape index (κ2) is 6.75. The lowest BCUT2D eigenvalue weighted by Crippen LogP contribution is -2.40. The monoisotopic (exact) mass is 275 g/mol. The summed E-state index contributed by atoms with van der Waals surface area (Å²) in [6.07, 6.45) is 1.11. The van der Waals surface area contributed by atoms with E-state index in [1.807, 2.05) is 0 Å². The van der Waals surface area contributed by atoms with Crippen LogP contribution in [0.5, 0.6) is 0 Å². The molecule has 20 heavy (non-hydrogen) atoms. The maximum absolute atomic E-state index is 11.1. The van der Waals surface area contributed by atoms with Crippen molar-refractivity contribution >= 4 is 6.03 Å². The Bertz CT molecular complexity index is 471. The van der Waals surface area contributed by atoms with Gasteiger partial charge >= 0.3 is 6.03 Å². The molecule has 0 saturated carbocycles. The van der Waals surface area contributed by atoms with Crippen molar-refractivity contribution in [2.75, 3.05) is 26.7 Å². The number of urea groups is 1. The van der Waals surface area contributed by atoms with Crippen molar-refractivity contribution in [2.24, 2.45) is 0 Å². The van der Waals surface area contributed by atoms with Gasteiger partial charge in [0, 0.05) is 33.2 Å². The molecular formula is C16H25N3O. The first-order valence-electron chi connectivity index (χ1n) is 7.39. The molecule has 4 nitrogen and oxygen atoms in total. The zero-order chi connectivity index (χ0) is 14.5. The summed E-state index contributed by atoms with van der Waals surface area (Å²) in [5, 5.41) is 5.40. The molecule has 0 aromatic heterocycles. The fourth-order valence-electron chi connectivity index (χ4n) is 2.60. The maximum atomic E-state index is 11.1. The Kier molecular flexibility index (Phi) is 5.01. The quantitative estimate of drug-likeness (QED) is 0.884. The fourth-order valence-corrected chi connectivity index (χ4v) is 2.60. The van der Waals surface area contributed by atoms with Crippen LogP contribution in [0.3, 0.4) is 0 Å². The Morgan fingerprint density at radius 2 is 2.15 bits per heavy atom. The second-order valence-electron chi connectivity index (χ2n) is 5.71. The van der Waals surface area contributed by atoms with Gasteiger partial charge in [-0.25, -0.2) is 4.79 Å². The SMILES string of the molecule is CNC(=O)NCCN1CCc2cc(C(C)C)ccc2C1. The number of hydrogen-bond donors (Lipinski definition) is 2. The third-order valence-electron chi connectivity index (χ3n) is 3.93. The summed E-state index contributed by atoms with van der Waals surface area (Å²) >= 11 is 0. The summed E-state index contributed by atoms with van der Waals surface area (Å²) < 4.78 is 0. The van der Waals surface area contributed by atoms with Crippen LogP contribution < -0.4 is 10.6 Å². The molecule has 0 bridgehead atoms. The van der Waals surface area contributed by atoms with Crippen molar-refractivity contribution in [3.63, 3.8) is 0 Å². The van der Waals surface area contributed by atoms with Crippen LogP contribution in [0.1, 0.15) is 36.5 Å². The van der Waals surface area contributed by atoms with Crippen LogP contribution in [-0.4, -0.2) is 37.6 Å². The number of carbonyl (C=O) groups excluding carboxylic acids is 1. The van der Waals surface area contributed by atoms with Gasteiger partial charge in [-0.05, 0) is 29.0 Å². The Morgan fingerprint density at radius 1 is 1.35 bits per heavy atom. The number of hydrogen-bond acceptors (Lipinski definition) is 2. The summed E-state index contributed by atoms with van der Waals surface area (Å²) in [6.45, 7) is 8.13. The van der Waals surface area contributed by atoms with Gasteiger partial charge in [0.1, 0.15) is 0 Å². The highest BCUT2D eigenvalue weighted by Gasteiger charge is 2.16. The standard InChI is InChI=1S/C16H25N3O/c1-12(2)13-4-5-15-11-19(8-6-14(15)10-13)9-7-18-16(20)17-3/h4-5,10,12H,6-9,11H2,1-3H3,(H2,17,18,20). The molecule has 0 spiro atoms. The summed E-state index contributed by atoms with van der Waals surface area (Å²) in [7, 11) is 1.64. The van der Waals surface area contributed by atoms with Crippen molar-refractivity contribution in [3.05, 3.63) is 34.9 Å². The van der Waals surface area contributed by atoms with Gasteiger partial charge < -0.3 is 10.6 Å². The molecule has 1 aliphatic heterocycles. The van der Waals surface area contributed by atoms with Crippen molar-refractivity contribution in [1.82, 2.24) is 15.5 Å². The van der Waals surface area contributed by atoms with Gasteiger partial charge in [0.25, 0.3) is 0 Å². The number of nitrogens with one attached hydrogen (secondary N) is 2. The van der Waals surface area contributed by atoms with Crippen molar-refractivity contribution < 1.29 is 4.79 Å². The number of amides is 2. The average molecular weight is 275 g/mol. The normalized spacial score (nSPS) is 15.0. The number of fused-ring (bicyclic) bond motifs is 1. The largest absolute Gasteiger partial charge is 0.341 e. The van der Waals surface area contributed by atoms with Crippen LogP contribution in [0, 0.1) is 0 Å². The van der Waals surface area contributed by atoms with Crippen LogP contribution in [0.2, 0.25) is 0 Å². The number of nitrogens with zero attached hydrogens (tertiary/aromatic N) is 1. The van der Waals surface area contributed by atoms with E-state index in [1.165, 1.54) is 16.7 Å². The van der Waals surface area contributed by atoms with Crippen LogP contribution >= 0.6 is 0 Å². The lowest BCUT2D eigenvalue weighted by atomic mass is 9.93. The van der Waals surface area contributed by atoms with E-state index in [2.05, 4.69) is 47.6 Å². The molecule has 0 atom stereocenters. The van der Waals surface area contributed by atoms with Crippen molar-refractivity contribution in [3.8, 4) is 0 Å². The average Bonchev–Trinajstić information content (AvgIpc) is 2.46. The smallest absolute Gasteiger partial charge is 0.314 e. The Balaban J connectivity index is 1.89. The Morgan fingerprint density at radius 3 is 2.85 bits per heavy atom. The molecule has 1 heterocycles. The van der Waals surface area contributed by atoms with Gasteiger partial charge in [0.05, 0.1) is 0 Å². The van der Waals surface area contributed by atoms with Crippen molar-refractivity contribution in [2.45, 2.75) is 32.7 Å². The molecule has 0 saturated heterocycles. The minimum absolute atomic E-state index is 0.107. The molecule has 0 unspecified atom stereocenters. The van der Waals surface area contributed by atoms with Gasteiger partial charge in [-0.3, -0.25) is 4.90 Å². The zero-order valence-electron chi connectivity index (χ0n) is 12.7. The van der Waals surface area contributed by atoms with Crippen LogP contribution in [0.25, 0.3) is 0 Å². The highest BCUT2D eigenvalue weighted by molar-refractivity contribution is 5.73. The molecule has 1 aromatic rings. The number of carbonyl (C=O) groups is 1. The minimum atomic E-state index is -0.107. The van der Waals surface area contributed by atoms with Crippen LogP contribution in [-0.2, 0) is 13.0 Å². The van der Waals surface area contributed by atoms with E-state index in [4.69, 9.17) is 0 Å². The molecule has 2 rings (SSSR count). The summed E-state index contributed by atoms with van der Waals surface area (Å²) in [6, 6.07) is 6.77. The molecule has 1 aliphatic rings. The van der Waals surface area contributed by atoms with Gasteiger partial charge in [-0.2, -0.15) is 0 Å². The summed E-state index contributed by atoms with van der Waals surface area (Å²) in [5.74, 6) is 0.593. The summed E-state index contributed by atoms with van der Waals surface area (Å²) in [5.41, 5.74) is 4.35. The Labute approximate surface area is 121 Å². The first kappa shape index (κ1) is 14.9. The molecule has 4 heteroatoms. The molecule has 2 N–H and O–H groups in total. The van der Waals surface area contributed by atoms with E-state index in [1.54, 1.807) is 7.05 Å². The molecule has 0 aliphatic carbocycles. The Hall–Kier alpha value is -1.55. The highest BCUT2D eigenvalue weighted by atomic mass is 16.2. The topological polar surface area (TPSA) is 44.4 Å². The van der Waals surface area contributed by atoms with E-state index in [0.29, 0.717) is 12.5 Å². The molecular weight excluding hydrogens is 250 g/mol. The molecule has 2 amide bonds. The predicted octanol–water partition coefficient (Wildman–Crippen LogP) is 2.10. The zero-order valence-corrected chi connectivity index (χ0v) is 12.7. The lowest BCUT2D eigenvalue weighted by molar-refractivity contribution is 0.232. The van der Waals surface area contributed by atoms with Gasteiger partial charge in [0.15, 0.2) is 0 Å². The lowest BCUT2D eigenvalue weighted by Gasteiger charge is -2.29. The number of benzene rings is 1. The van der Waals surface area contributed by atoms with E-state index in [0.717, 1.165) is 26.1 Å². The molecule has 0 fully saturated rings. The van der Waals surface area contributed by atoms with Crippen LogP contribution in [0.15, 0.2) is 18.2 Å². The van der Waals surface area contributed by atoms with Crippen molar-refractivity contribution in [1.29, 1.82) is 0 Å². The third kappa shape index (κ3) is 3.73. The van der Waals surface area contributed by atoms with E-state index < -0.39 is 0 Å². The van der Waals surface area contributed by atoms with Gasteiger partial charge in [-0.1, -0.05) is 32.0 Å². The maximum Gasteiger partial charge on any atom is 0.314 e. The number of rotatable bonds is 4. The van der Waals surface area contributed by atoms with E-state index in [9.17, 15) is 4.79 Å². The first-order valence-corrected chi connectivity index (χ1v) is 7.39. The fraction of sp³-hybridized carbons (Fsp3) is 0.562. The van der Waals surface area contributed by atoms with E-state index >= 15 is 0 Å². The van der Waals surface area contributed by atoms with Gasteiger partial charge in [-0.15, -0.1) is 0 Å². The highest BCUT2D eigenvalue weighted by Crippen LogP contribution is 2.23. The van der Waals surface area contributed by atoms with Gasteiger partial charge in [0.2, 0.25) is 0 Å². The predicted molar refractivity (Wildman–Crippen MR) is 82.0 cm³/mol. The van der Waals surface area contributed by atoms with E-state index in [-0.39, 0.29) is 6.03 Å². The molecule has 110 valence electrons. The molecule has 0 radical (unpaired) electrons. The summed E-state index contributed by atoms with van der Waals surface area (Å²) in [4.78, 5) is 13.5. The third-order valence-corrected chi connectivity index (χ3v) is 3.93. The molecule has 1 aromatic carbocycles. The first-order chi connectivity index (χ1) is 9.60. The van der Waals surface area contributed by atoms with Crippen LogP contribution in [0.4, 0.5) is 4.79 Å².